The molecular formula is C24H21F2N7O2. The number of benzene rings is 1. The van der Waals surface area contributed by atoms with Crippen LogP contribution in [0, 0.1) is 17.0 Å². The van der Waals surface area contributed by atoms with Crippen molar-refractivity contribution in [2.24, 2.45) is 5.41 Å². The Hall–Kier alpha value is -4.12. The second kappa shape index (κ2) is 8.27. The summed E-state index contributed by atoms with van der Waals surface area (Å²) >= 11 is 0. The summed E-state index contributed by atoms with van der Waals surface area (Å²) in [6.45, 7) is 3.42. The number of rotatable bonds is 6. The second-order valence-corrected chi connectivity index (χ2v) is 8.80. The fourth-order valence-corrected chi connectivity index (χ4v) is 4.34. The predicted octanol–water partition coefficient (Wildman–Crippen LogP) is 4.03. The van der Waals surface area contributed by atoms with E-state index >= 15 is 0 Å². The summed E-state index contributed by atoms with van der Waals surface area (Å²) in [7, 11) is 1.62. The number of aromatic nitrogens is 4. The molecule has 35 heavy (non-hydrogen) atoms. The van der Waals surface area contributed by atoms with Gasteiger partial charge in [0.25, 0.3) is 0 Å². The number of fused-ring (bicyclic) bond motifs is 1. The Morgan fingerprint density at radius 1 is 0.971 bits per heavy atom. The number of pyridine rings is 2. The highest BCUT2D eigenvalue weighted by molar-refractivity contribution is 5.82. The van der Waals surface area contributed by atoms with Gasteiger partial charge in [0.1, 0.15) is 5.82 Å². The largest absolute Gasteiger partial charge is 0.493 e. The Bertz CT molecular complexity index is 1420. The Balaban J connectivity index is 1.17. The van der Waals surface area contributed by atoms with E-state index < -0.39 is 11.6 Å². The maximum Gasteiger partial charge on any atom is 0.229 e. The van der Waals surface area contributed by atoms with E-state index in [0.717, 1.165) is 44.3 Å². The number of anilines is 5. The van der Waals surface area contributed by atoms with Crippen LogP contribution in [0.2, 0.25) is 0 Å². The SMILES string of the molecule is COc1cc(Nc2nccc(Nc3cnc4cc(F)c(F)cc4c3)n2)cnc1N1CC2(COC2)C1. The summed E-state index contributed by atoms with van der Waals surface area (Å²) < 4.78 is 37.9. The van der Waals surface area contributed by atoms with Gasteiger partial charge in [0.15, 0.2) is 23.2 Å². The molecule has 2 aliphatic rings. The smallest absolute Gasteiger partial charge is 0.229 e. The van der Waals surface area contributed by atoms with E-state index in [4.69, 9.17) is 9.47 Å². The third-order valence-electron chi connectivity index (χ3n) is 6.13. The van der Waals surface area contributed by atoms with Gasteiger partial charge in [-0.1, -0.05) is 0 Å². The van der Waals surface area contributed by atoms with Gasteiger partial charge in [-0.05, 0) is 18.2 Å². The summed E-state index contributed by atoms with van der Waals surface area (Å²) in [5, 5.41) is 6.72. The Labute approximate surface area is 199 Å². The Morgan fingerprint density at radius 3 is 2.51 bits per heavy atom. The maximum absolute atomic E-state index is 13.6. The van der Waals surface area contributed by atoms with Gasteiger partial charge < -0.3 is 25.0 Å². The highest BCUT2D eigenvalue weighted by Crippen LogP contribution is 2.42. The average molecular weight is 477 g/mol. The maximum atomic E-state index is 13.6. The van der Waals surface area contributed by atoms with Crippen molar-refractivity contribution in [1.82, 2.24) is 19.9 Å². The molecule has 6 rings (SSSR count). The lowest BCUT2D eigenvalue weighted by Crippen LogP contribution is -2.66. The quantitative estimate of drug-likeness (QED) is 0.427. The number of ether oxygens (including phenoxy) is 2. The zero-order valence-corrected chi connectivity index (χ0v) is 18.8. The van der Waals surface area contributed by atoms with Gasteiger partial charge in [0.05, 0.1) is 55.0 Å². The molecule has 2 N–H and O–H groups in total. The highest BCUT2D eigenvalue weighted by atomic mass is 19.2. The molecule has 2 aliphatic heterocycles. The first-order valence-corrected chi connectivity index (χ1v) is 11.0. The Morgan fingerprint density at radius 2 is 1.74 bits per heavy atom. The van der Waals surface area contributed by atoms with Crippen LogP contribution in [-0.2, 0) is 4.74 Å². The summed E-state index contributed by atoms with van der Waals surface area (Å²) in [4.78, 5) is 19.7. The van der Waals surface area contributed by atoms with Gasteiger partial charge >= 0.3 is 0 Å². The Kier molecular flexibility index (Phi) is 5.06. The van der Waals surface area contributed by atoms with Crippen molar-refractivity contribution in [1.29, 1.82) is 0 Å². The van der Waals surface area contributed by atoms with E-state index in [-0.39, 0.29) is 5.41 Å². The van der Waals surface area contributed by atoms with Crippen LogP contribution >= 0.6 is 0 Å². The van der Waals surface area contributed by atoms with Crippen molar-refractivity contribution in [3.63, 3.8) is 0 Å². The first-order chi connectivity index (χ1) is 17.0. The number of methoxy groups -OCH3 is 1. The average Bonchev–Trinajstić information content (AvgIpc) is 2.79. The molecule has 11 heteroatoms. The van der Waals surface area contributed by atoms with E-state index in [1.807, 2.05) is 6.07 Å². The number of hydrogen-bond donors (Lipinski definition) is 2. The van der Waals surface area contributed by atoms with Gasteiger partial charge in [0, 0.05) is 36.8 Å². The van der Waals surface area contributed by atoms with Crippen LogP contribution < -0.4 is 20.3 Å². The lowest BCUT2D eigenvalue weighted by molar-refractivity contribution is -0.127. The van der Waals surface area contributed by atoms with Crippen LogP contribution in [0.25, 0.3) is 10.9 Å². The van der Waals surface area contributed by atoms with Gasteiger partial charge in [-0.3, -0.25) is 4.98 Å². The van der Waals surface area contributed by atoms with E-state index in [9.17, 15) is 8.78 Å². The second-order valence-electron chi connectivity index (χ2n) is 8.80. The zero-order chi connectivity index (χ0) is 24.0. The minimum Gasteiger partial charge on any atom is -0.493 e. The number of nitrogens with zero attached hydrogens (tertiary/aromatic N) is 5. The van der Waals surface area contributed by atoms with Crippen LogP contribution in [-0.4, -0.2) is 53.3 Å². The van der Waals surface area contributed by atoms with Crippen molar-refractivity contribution in [3.05, 3.63) is 60.6 Å². The molecule has 5 heterocycles. The van der Waals surface area contributed by atoms with Crippen LogP contribution in [0.5, 0.6) is 5.75 Å². The van der Waals surface area contributed by atoms with E-state index in [1.165, 1.54) is 6.20 Å². The van der Waals surface area contributed by atoms with Crippen molar-refractivity contribution in [3.8, 4) is 5.75 Å². The lowest BCUT2D eigenvalue weighted by Gasteiger charge is -2.55. The minimum atomic E-state index is -0.932. The fraction of sp³-hybridized carbons (Fsp3) is 0.250. The molecule has 0 saturated carbocycles. The van der Waals surface area contributed by atoms with Gasteiger partial charge in [-0.2, -0.15) is 4.98 Å². The molecule has 0 aliphatic carbocycles. The highest BCUT2D eigenvalue weighted by Gasteiger charge is 2.50. The first kappa shape index (κ1) is 21.4. The third-order valence-corrected chi connectivity index (χ3v) is 6.13. The first-order valence-electron chi connectivity index (χ1n) is 11.0. The van der Waals surface area contributed by atoms with E-state index in [0.29, 0.717) is 39.8 Å². The molecule has 1 spiro atoms. The molecule has 178 valence electrons. The van der Waals surface area contributed by atoms with E-state index in [1.54, 1.807) is 31.6 Å². The normalized spacial score (nSPS) is 16.0. The van der Waals surface area contributed by atoms with Crippen LogP contribution in [0.1, 0.15) is 0 Å². The summed E-state index contributed by atoms with van der Waals surface area (Å²) in [5.74, 6) is 0.445. The van der Waals surface area contributed by atoms with Crippen molar-refractivity contribution in [2.75, 3.05) is 48.9 Å². The summed E-state index contributed by atoms with van der Waals surface area (Å²) in [6, 6.07) is 7.39. The number of nitrogens with one attached hydrogen (secondary N) is 2. The monoisotopic (exact) mass is 477 g/mol. The molecule has 2 saturated heterocycles. The van der Waals surface area contributed by atoms with Crippen LogP contribution in [0.4, 0.5) is 37.7 Å². The molecule has 0 amide bonds. The molecule has 2 fully saturated rings. The van der Waals surface area contributed by atoms with Gasteiger partial charge in [-0.15, -0.1) is 0 Å². The van der Waals surface area contributed by atoms with Crippen LogP contribution in [0.3, 0.4) is 0 Å². The number of hydrogen-bond acceptors (Lipinski definition) is 9. The molecule has 4 aromatic rings. The van der Waals surface area contributed by atoms with Gasteiger partial charge in [-0.25, -0.2) is 18.7 Å². The predicted molar refractivity (Wildman–Crippen MR) is 127 cm³/mol. The molecule has 0 bridgehead atoms. The molecular weight excluding hydrogens is 456 g/mol. The minimum absolute atomic E-state index is 0.274. The molecule has 0 radical (unpaired) electrons. The van der Waals surface area contributed by atoms with Crippen molar-refractivity contribution in [2.45, 2.75) is 0 Å². The molecule has 9 nitrogen and oxygen atoms in total. The summed E-state index contributed by atoms with van der Waals surface area (Å²) in [5.41, 5.74) is 1.88. The lowest BCUT2D eigenvalue weighted by atomic mass is 9.78. The topological polar surface area (TPSA) is 97.3 Å². The van der Waals surface area contributed by atoms with Gasteiger partial charge in [0.2, 0.25) is 5.95 Å². The number of halogens is 2. The fourth-order valence-electron chi connectivity index (χ4n) is 4.34. The summed E-state index contributed by atoms with van der Waals surface area (Å²) in [6.07, 6.45) is 4.84. The molecule has 3 aromatic heterocycles. The van der Waals surface area contributed by atoms with Crippen molar-refractivity contribution >= 4 is 39.9 Å². The molecule has 0 atom stereocenters. The zero-order valence-electron chi connectivity index (χ0n) is 18.8. The molecule has 1 aromatic carbocycles. The molecule has 0 unspecified atom stereocenters. The van der Waals surface area contributed by atoms with E-state index in [2.05, 4.69) is 35.5 Å². The standard InChI is InChI=1S/C24H21F2N7O2/c1-34-20-6-16(9-29-22(20)33-10-24(11-33)12-35-13-24)31-23-27-3-2-21(32-23)30-15-4-14-5-17(25)18(26)7-19(14)28-8-15/h2-9H,10-13H2,1H3,(H2,27,30,31,32). The van der Waals surface area contributed by atoms with Crippen molar-refractivity contribution < 1.29 is 18.3 Å². The van der Waals surface area contributed by atoms with Crippen LogP contribution in [0.15, 0.2) is 48.9 Å². The third kappa shape index (κ3) is 4.03.